The van der Waals surface area contributed by atoms with Gasteiger partial charge in [0.05, 0.1) is 0 Å². The van der Waals surface area contributed by atoms with Gasteiger partial charge in [-0.15, -0.1) is 0 Å². The number of hydrogen-bond donors (Lipinski definition) is 1. The quantitative estimate of drug-likeness (QED) is 0.867. The molecule has 0 atom stereocenters. The van der Waals surface area contributed by atoms with Crippen LogP contribution in [0.3, 0.4) is 0 Å². The molecule has 0 radical (unpaired) electrons. The summed E-state index contributed by atoms with van der Waals surface area (Å²) >= 11 is 0. The van der Waals surface area contributed by atoms with Crippen LogP contribution in [0.2, 0.25) is 0 Å². The molecule has 0 saturated carbocycles. The van der Waals surface area contributed by atoms with Gasteiger partial charge in [-0.1, -0.05) is 24.6 Å². The minimum absolute atomic E-state index is 0.0759. The Kier molecular flexibility index (Phi) is 3.28. The fraction of sp³-hybridized carbons (Fsp3) is 0.600. The number of benzene rings is 1. The molecule has 1 saturated heterocycles. The predicted molar refractivity (Wildman–Crippen MR) is 73.1 cm³/mol. The lowest BCUT2D eigenvalue weighted by Gasteiger charge is -2.47. The van der Waals surface area contributed by atoms with Gasteiger partial charge >= 0.3 is 0 Å². The molecule has 0 unspecified atom stereocenters. The van der Waals surface area contributed by atoms with E-state index in [0.29, 0.717) is 0 Å². The molecule has 0 amide bonds. The first-order chi connectivity index (χ1) is 7.93. The molecule has 2 N–H and O–H groups in total. The van der Waals surface area contributed by atoms with Crippen LogP contribution in [0.15, 0.2) is 12.1 Å². The van der Waals surface area contributed by atoms with Gasteiger partial charge in [0.2, 0.25) is 0 Å². The number of likely N-dealkylation sites (tertiary alicyclic amines) is 1. The first kappa shape index (κ1) is 12.6. The second kappa shape index (κ2) is 4.43. The van der Waals surface area contributed by atoms with Gasteiger partial charge in [-0.05, 0) is 43.9 Å². The molecule has 1 aliphatic heterocycles. The summed E-state index contributed by atoms with van der Waals surface area (Å²) in [5, 5.41) is 0. The molecule has 2 heteroatoms. The van der Waals surface area contributed by atoms with Crippen LogP contribution in [0.1, 0.15) is 35.6 Å². The van der Waals surface area contributed by atoms with Crippen molar-refractivity contribution in [2.45, 2.75) is 46.2 Å². The average Bonchev–Trinajstić information content (AvgIpc) is 2.20. The van der Waals surface area contributed by atoms with Crippen molar-refractivity contribution in [3.8, 4) is 0 Å². The van der Waals surface area contributed by atoms with E-state index in [0.717, 1.165) is 26.1 Å². The lowest BCUT2D eigenvalue weighted by Crippen LogP contribution is -2.66. The van der Waals surface area contributed by atoms with Crippen LogP contribution in [-0.2, 0) is 6.54 Å². The molecule has 0 bridgehead atoms. The number of nitrogens with two attached hydrogens (primary N) is 1. The van der Waals surface area contributed by atoms with Crippen molar-refractivity contribution in [1.82, 2.24) is 4.90 Å². The third kappa shape index (κ3) is 2.53. The van der Waals surface area contributed by atoms with Crippen molar-refractivity contribution in [2.75, 3.05) is 13.1 Å². The maximum Gasteiger partial charge on any atom is 0.0410 e. The van der Waals surface area contributed by atoms with Crippen molar-refractivity contribution >= 4 is 0 Å². The first-order valence-corrected chi connectivity index (χ1v) is 6.51. The topological polar surface area (TPSA) is 29.3 Å². The zero-order valence-electron chi connectivity index (χ0n) is 11.5. The van der Waals surface area contributed by atoms with Crippen LogP contribution in [0.25, 0.3) is 0 Å². The summed E-state index contributed by atoms with van der Waals surface area (Å²) in [6.07, 6.45) is 1.08. The highest BCUT2D eigenvalue weighted by molar-refractivity contribution is 5.37. The highest BCUT2D eigenvalue weighted by Gasteiger charge is 2.37. The molecule has 0 aromatic heterocycles. The summed E-state index contributed by atoms with van der Waals surface area (Å²) in [6, 6.07) is 4.55. The van der Waals surface area contributed by atoms with Gasteiger partial charge in [0.25, 0.3) is 0 Å². The van der Waals surface area contributed by atoms with Crippen molar-refractivity contribution in [2.24, 2.45) is 5.73 Å². The second-order valence-electron chi connectivity index (χ2n) is 5.74. The number of hydrogen-bond acceptors (Lipinski definition) is 2. The molecule has 94 valence electrons. The minimum Gasteiger partial charge on any atom is -0.323 e. The molecule has 1 aromatic carbocycles. The van der Waals surface area contributed by atoms with E-state index in [4.69, 9.17) is 5.73 Å². The number of rotatable bonds is 3. The minimum atomic E-state index is 0.0759. The van der Waals surface area contributed by atoms with Crippen LogP contribution < -0.4 is 5.73 Å². The molecule has 1 heterocycles. The summed E-state index contributed by atoms with van der Waals surface area (Å²) in [5.41, 5.74) is 11.9. The van der Waals surface area contributed by atoms with Gasteiger partial charge in [-0.25, -0.2) is 0 Å². The van der Waals surface area contributed by atoms with Crippen molar-refractivity contribution in [1.29, 1.82) is 0 Å². The van der Waals surface area contributed by atoms with Gasteiger partial charge in [-0.2, -0.15) is 0 Å². The van der Waals surface area contributed by atoms with E-state index in [1.807, 2.05) is 0 Å². The fourth-order valence-electron chi connectivity index (χ4n) is 2.86. The summed E-state index contributed by atoms with van der Waals surface area (Å²) in [4.78, 5) is 2.45. The van der Waals surface area contributed by atoms with E-state index < -0.39 is 0 Å². The Morgan fingerprint density at radius 3 is 2.18 bits per heavy atom. The van der Waals surface area contributed by atoms with Gasteiger partial charge in [0.1, 0.15) is 0 Å². The van der Waals surface area contributed by atoms with E-state index in [2.05, 4.69) is 44.7 Å². The van der Waals surface area contributed by atoms with Gasteiger partial charge in [0.15, 0.2) is 0 Å². The van der Waals surface area contributed by atoms with Crippen LogP contribution in [-0.4, -0.2) is 23.5 Å². The lowest BCUT2D eigenvalue weighted by atomic mass is 9.87. The maximum absolute atomic E-state index is 6.20. The number of aryl methyl sites for hydroxylation is 3. The summed E-state index contributed by atoms with van der Waals surface area (Å²) in [5.74, 6) is 0. The predicted octanol–water partition coefficient (Wildman–Crippen LogP) is 2.53. The Balaban J connectivity index is 2.06. The number of nitrogens with zero attached hydrogens (tertiary/aromatic N) is 1. The zero-order chi connectivity index (χ0) is 12.6. The van der Waals surface area contributed by atoms with Crippen LogP contribution >= 0.6 is 0 Å². The summed E-state index contributed by atoms with van der Waals surface area (Å²) in [6.45, 7) is 11.9. The molecular weight excluding hydrogens is 208 g/mol. The monoisotopic (exact) mass is 232 g/mol. The van der Waals surface area contributed by atoms with Gasteiger partial charge in [0, 0.05) is 25.2 Å². The largest absolute Gasteiger partial charge is 0.323 e. The van der Waals surface area contributed by atoms with Crippen LogP contribution in [0.5, 0.6) is 0 Å². The fourth-order valence-corrected chi connectivity index (χ4v) is 2.86. The Labute approximate surface area is 105 Å². The van der Waals surface area contributed by atoms with Crippen molar-refractivity contribution in [3.05, 3.63) is 34.4 Å². The molecule has 0 spiro atoms. The lowest BCUT2D eigenvalue weighted by molar-refractivity contribution is 0.0603. The molecule has 2 rings (SSSR count). The SMILES string of the molecule is CCC1(N)CN(Cc2c(C)cc(C)cc2C)C1. The maximum atomic E-state index is 6.20. The zero-order valence-corrected chi connectivity index (χ0v) is 11.5. The molecular formula is C15H24N2. The molecule has 17 heavy (non-hydrogen) atoms. The Hall–Kier alpha value is -0.860. The molecule has 1 fully saturated rings. The van der Waals surface area contributed by atoms with E-state index in [-0.39, 0.29) is 5.54 Å². The van der Waals surface area contributed by atoms with E-state index >= 15 is 0 Å². The normalized spacial score (nSPS) is 19.1. The summed E-state index contributed by atoms with van der Waals surface area (Å²) < 4.78 is 0. The Bertz CT molecular complexity index is 394. The van der Waals surface area contributed by atoms with E-state index in [9.17, 15) is 0 Å². The standard InChI is InChI=1S/C15H24N2/c1-5-15(16)9-17(10-15)8-14-12(3)6-11(2)7-13(14)4/h6-7H,5,8-10,16H2,1-4H3. The van der Waals surface area contributed by atoms with Crippen LogP contribution in [0.4, 0.5) is 0 Å². The average molecular weight is 232 g/mol. The molecule has 1 aromatic rings. The third-order valence-corrected chi connectivity index (χ3v) is 4.00. The molecule has 0 aliphatic carbocycles. The molecule has 2 nitrogen and oxygen atoms in total. The van der Waals surface area contributed by atoms with E-state index in [1.54, 1.807) is 0 Å². The van der Waals surface area contributed by atoms with Gasteiger partial charge < -0.3 is 5.73 Å². The highest BCUT2D eigenvalue weighted by atomic mass is 15.2. The summed E-state index contributed by atoms with van der Waals surface area (Å²) in [7, 11) is 0. The van der Waals surface area contributed by atoms with Crippen molar-refractivity contribution in [3.63, 3.8) is 0 Å². The Morgan fingerprint density at radius 1 is 1.18 bits per heavy atom. The van der Waals surface area contributed by atoms with E-state index in [1.165, 1.54) is 22.3 Å². The molecule has 1 aliphatic rings. The smallest absolute Gasteiger partial charge is 0.0410 e. The highest BCUT2D eigenvalue weighted by Crippen LogP contribution is 2.26. The Morgan fingerprint density at radius 2 is 1.71 bits per heavy atom. The second-order valence-corrected chi connectivity index (χ2v) is 5.74. The first-order valence-electron chi connectivity index (χ1n) is 6.51. The van der Waals surface area contributed by atoms with Crippen LogP contribution in [0, 0.1) is 20.8 Å². The third-order valence-electron chi connectivity index (χ3n) is 4.00. The van der Waals surface area contributed by atoms with Crippen molar-refractivity contribution < 1.29 is 0 Å². The van der Waals surface area contributed by atoms with Gasteiger partial charge in [-0.3, -0.25) is 4.90 Å².